The highest BCUT2D eigenvalue weighted by molar-refractivity contribution is 7.89. The molecule has 7 nitrogen and oxygen atoms in total. The molecule has 1 aromatic rings. The van der Waals surface area contributed by atoms with Crippen molar-refractivity contribution in [3.8, 4) is 0 Å². The summed E-state index contributed by atoms with van der Waals surface area (Å²) in [5.74, 6) is -0.116. The van der Waals surface area contributed by atoms with Crippen LogP contribution in [-0.4, -0.2) is 40.0 Å². The second kappa shape index (κ2) is 5.19. The fraction of sp³-hybridized carbons (Fsp3) is 0.462. The van der Waals surface area contributed by atoms with Gasteiger partial charge in [-0.15, -0.1) is 0 Å². The van der Waals surface area contributed by atoms with E-state index < -0.39 is 15.6 Å². The molecule has 21 heavy (non-hydrogen) atoms. The number of nitrogens with zero attached hydrogens (tertiary/aromatic N) is 1. The van der Waals surface area contributed by atoms with Crippen LogP contribution in [0.5, 0.6) is 0 Å². The smallest absolute Gasteiger partial charge is 0.245 e. The minimum Gasteiger partial charge on any atom is -0.397 e. The summed E-state index contributed by atoms with van der Waals surface area (Å²) in [6.07, 6.45) is 0. The first kappa shape index (κ1) is 15.6. The number of piperazine rings is 1. The largest absolute Gasteiger partial charge is 0.397 e. The van der Waals surface area contributed by atoms with Crippen molar-refractivity contribution in [2.24, 2.45) is 0 Å². The third kappa shape index (κ3) is 2.68. The molecule has 1 aromatic carbocycles. The zero-order valence-electron chi connectivity index (χ0n) is 12.3. The number of sulfonamides is 1. The third-order valence-corrected chi connectivity index (χ3v) is 5.14. The molecule has 0 radical (unpaired) electrons. The standard InChI is InChI=1S/C13H20N4O3S/c1-13(2)12(18)16-6-7-17(13)11-8-9(4-5-10(11)14)21(19,20)15-3/h4-5,8,15H,6-7,14H2,1-3H3,(H,16,18). The van der Waals surface area contributed by atoms with Gasteiger partial charge < -0.3 is 16.0 Å². The molecule has 0 aliphatic carbocycles. The normalized spacial score (nSPS) is 18.4. The SMILES string of the molecule is CNS(=O)(=O)c1ccc(N)c(N2CCNC(=O)C2(C)C)c1. The predicted octanol–water partition coefficient (Wildman–Crippen LogP) is -0.108. The molecule has 1 saturated heterocycles. The van der Waals surface area contributed by atoms with Crippen molar-refractivity contribution in [1.29, 1.82) is 0 Å². The van der Waals surface area contributed by atoms with Crippen LogP contribution >= 0.6 is 0 Å². The number of nitrogens with two attached hydrogens (primary N) is 1. The van der Waals surface area contributed by atoms with Crippen LogP contribution in [0.2, 0.25) is 0 Å². The van der Waals surface area contributed by atoms with Crippen LogP contribution in [0.1, 0.15) is 13.8 Å². The third-order valence-electron chi connectivity index (χ3n) is 3.72. The second-order valence-electron chi connectivity index (χ2n) is 5.39. The molecule has 0 saturated carbocycles. The van der Waals surface area contributed by atoms with Gasteiger partial charge in [0, 0.05) is 13.1 Å². The number of carbonyl (C=O) groups excluding carboxylic acids is 1. The maximum atomic E-state index is 12.0. The summed E-state index contributed by atoms with van der Waals surface area (Å²) >= 11 is 0. The minimum absolute atomic E-state index is 0.116. The summed E-state index contributed by atoms with van der Waals surface area (Å²) in [4.78, 5) is 14.0. The first-order chi connectivity index (χ1) is 9.70. The van der Waals surface area contributed by atoms with Crippen LogP contribution in [0.4, 0.5) is 11.4 Å². The fourth-order valence-electron chi connectivity index (χ4n) is 2.36. The first-order valence-electron chi connectivity index (χ1n) is 6.59. The number of nitrogens with one attached hydrogen (secondary N) is 2. The average molecular weight is 312 g/mol. The molecular formula is C13H20N4O3S. The Balaban J connectivity index is 2.53. The molecule has 0 unspecified atom stereocenters. The van der Waals surface area contributed by atoms with E-state index in [9.17, 15) is 13.2 Å². The summed E-state index contributed by atoms with van der Waals surface area (Å²) < 4.78 is 26.1. The minimum atomic E-state index is -3.56. The summed E-state index contributed by atoms with van der Waals surface area (Å²) in [7, 11) is -2.21. The van der Waals surface area contributed by atoms with Gasteiger partial charge in [0.25, 0.3) is 0 Å². The fourth-order valence-corrected chi connectivity index (χ4v) is 3.11. The van der Waals surface area contributed by atoms with E-state index in [2.05, 4.69) is 10.0 Å². The van der Waals surface area contributed by atoms with Crippen LogP contribution < -0.4 is 20.7 Å². The number of nitrogen functional groups attached to an aromatic ring is 1. The Morgan fingerprint density at radius 1 is 1.38 bits per heavy atom. The Labute approximate surface area is 124 Å². The average Bonchev–Trinajstić information content (AvgIpc) is 2.42. The molecule has 0 bridgehead atoms. The van der Waals surface area contributed by atoms with Gasteiger partial charge in [0.1, 0.15) is 5.54 Å². The molecule has 1 aliphatic heterocycles. The Kier molecular flexibility index (Phi) is 3.85. The van der Waals surface area contributed by atoms with Crippen molar-refractivity contribution in [2.45, 2.75) is 24.3 Å². The number of hydrogen-bond donors (Lipinski definition) is 3. The van der Waals surface area contributed by atoms with E-state index in [1.807, 2.05) is 4.90 Å². The van der Waals surface area contributed by atoms with Crippen molar-refractivity contribution in [3.05, 3.63) is 18.2 Å². The van der Waals surface area contributed by atoms with E-state index >= 15 is 0 Å². The van der Waals surface area contributed by atoms with Gasteiger partial charge in [0.05, 0.1) is 16.3 Å². The topological polar surface area (TPSA) is 105 Å². The molecule has 1 heterocycles. The van der Waals surface area contributed by atoms with E-state index in [1.165, 1.54) is 19.2 Å². The summed E-state index contributed by atoms with van der Waals surface area (Å²) in [5, 5.41) is 2.80. The van der Waals surface area contributed by atoms with Crippen molar-refractivity contribution < 1.29 is 13.2 Å². The van der Waals surface area contributed by atoms with Gasteiger partial charge in [-0.25, -0.2) is 13.1 Å². The zero-order chi connectivity index (χ0) is 15.8. The lowest BCUT2D eigenvalue weighted by Gasteiger charge is -2.43. The molecule has 4 N–H and O–H groups in total. The highest BCUT2D eigenvalue weighted by Gasteiger charge is 2.38. The molecule has 8 heteroatoms. The maximum Gasteiger partial charge on any atom is 0.245 e. The number of benzene rings is 1. The molecule has 0 spiro atoms. The highest BCUT2D eigenvalue weighted by Crippen LogP contribution is 2.32. The van der Waals surface area contributed by atoms with E-state index in [0.717, 1.165) is 0 Å². The summed E-state index contributed by atoms with van der Waals surface area (Å²) in [6.45, 7) is 4.61. The Morgan fingerprint density at radius 3 is 2.67 bits per heavy atom. The van der Waals surface area contributed by atoms with Crippen LogP contribution in [0.3, 0.4) is 0 Å². The van der Waals surface area contributed by atoms with Crippen LogP contribution in [-0.2, 0) is 14.8 Å². The van der Waals surface area contributed by atoms with Crippen LogP contribution in [0, 0.1) is 0 Å². The Bertz CT molecular complexity index is 670. The molecular weight excluding hydrogens is 292 g/mol. The van der Waals surface area contributed by atoms with Gasteiger partial charge in [0.2, 0.25) is 15.9 Å². The number of hydrogen-bond acceptors (Lipinski definition) is 5. The van der Waals surface area contributed by atoms with Crippen molar-refractivity contribution >= 4 is 27.3 Å². The van der Waals surface area contributed by atoms with Crippen molar-refractivity contribution in [2.75, 3.05) is 30.8 Å². The quantitative estimate of drug-likeness (QED) is 0.676. The number of anilines is 2. The van der Waals surface area contributed by atoms with Gasteiger partial charge in [-0.05, 0) is 39.1 Å². The van der Waals surface area contributed by atoms with Gasteiger partial charge in [-0.2, -0.15) is 0 Å². The molecule has 116 valence electrons. The monoisotopic (exact) mass is 312 g/mol. The van der Waals surface area contributed by atoms with E-state index in [0.29, 0.717) is 24.5 Å². The Hall–Kier alpha value is -1.80. The van der Waals surface area contributed by atoms with Gasteiger partial charge >= 0.3 is 0 Å². The first-order valence-corrected chi connectivity index (χ1v) is 8.07. The molecule has 2 rings (SSSR count). The summed E-state index contributed by atoms with van der Waals surface area (Å²) in [5.41, 5.74) is 6.17. The lowest BCUT2D eigenvalue weighted by Crippen LogP contribution is -2.62. The van der Waals surface area contributed by atoms with E-state index in [1.54, 1.807) is 19.9 Å². The zero-order valence-corrected chi connectivity index (χ0v) is 13.1. The predicted molar refractivity (Wildman–Crippen MR) is 81.5 cm³/mol. The summed E-state index contributed by atoms with van der Waals surface area (Å²) in [6, 6.07) is 4.49. The molecule has 0 aromatic heterocycles. The number of amides is 1. The van der Waals surface area contributed by atoms with Crippen LogP contribution in [0.25, 0.3) is 0 Å². The van der Waals surface area contributed by atoms with E-state index in [4.69, 9.17) is 5.73 Å². The molecule has 1 fully saturated rings. The number of rotatable bonds is 3. The van der Waals surface area contributed by atoms with Gasteiger partial charge in [-0.1, -0.05) is 0 Å². The lowest BCUT2D eigenvalue weighted by atomic mass is 9.97. The highest BCUT2D eigenvalue weighted by atomic mass is 32.2. The Morgan fingerprint density at radius 2 is 2.05 bits per heavy atom. The van der Waals surface area contributed by atoms with Gasteiger partial charge in [-0.3, -0.25) is 4.79 Å². The molecule has 1 amide bonds. The van der Waals surface area contributed by atoms with Crippen molar-refractivity contribution in [3.63, 3.8) is 0 Å². The molecule has 1 aliphatic rings. The van der Waals surface area contributed by atoms with E-state index in [-0.39, 0.29) is 10.8 Å². The lowest BCUT2D eigenvalue weighted by molar-refractivity contribution is -0.126. The van der Waals surface area contributed by atoms with Crippen molar-refractivity contribution in [1.82, 2.24) is 10.0 Å². The maximum absolute atomic E-state index is 12.0. The van der Waals surface area contributed by atoms with Crippen LogP contribution in [0.15, 0.2) is 23.1 Å². The second-order valence-corrected chi connectivity index (χ2v) is 7.28. The number of carbonyl (C=O) groups is 1. The van der Waals surface area contributed by atoms with Gasteiger partial charge in [0.15, 0.2) is 0 Å². The molecule has 0 atom stereocenters.